The Bertz CT molecular complexity index is 929. The standard InChI is InChI=1S/C19H15F5N2O2/c1-26-9-13(10-3-2-4-12(7-10)19(22,23)24)16(18(26)28)14(27)8-11-5-6-15(20)25-17(11)21/h2-7,13,16H,8-9H2,1H3/t13-,16+/m1/s1. The molecule has 1 aliphatic rings. The SMILES string of the molecule is CN1C[C@H](c2cccc(C(F)(F)F)c2)[C@@H](C(=O)Cc2ccc(F)nc2F)C1=O. The Morgan fingerprint density at radius 1 is 1.21 bits per heavy atom. The molecule has 0 saturated carbocycles. The largest absolute Gasteiger partial charge is 0.416 e. The van der Waals surface area contributed by atoms with Gasteiger partial charge >= 0.3 is 6.18 Å². The lowest BCUT2D eigenvalue weighted by atomic mass is 9.83. The summed E-state index contributed by atoms with van der Waals surface area (Å²) >= 11 is 0. The molecule has 1 aromatic heterocycles. The maximum Gasteiger partial charge on any atom is 0.416 e. The van der Waals surface area contributed by atoms with Crippen molar-refractivity contribution in [2.45, 2.75) is 18.5 Å². The second-order valence-corrected chi connectivity index (χ2v) is 6.65. The number of likely N-dealkylation sites (N-methyl/N-ethyl adjacent to an activating group) is 1. The number of nitrogens with zero attached hydrogens (tertiary/aromatic N) is 2. The van der Waals surface area contributed by atoms with Gasteiger partial charge in [-0.3, -0.25) is 9.59 Å². The third-order valence-electron chi connectivity index (χ3n) is 4.76. The average molecular weight is 398 g/mol. The number of amides is 1. The molecule has 2 heterocycles. The number of carbonyl (C=O) groups excluding carboxylic acids is 2. The lowest BCUT2D eigenvalue weighted by Gasteiger charge is -2.18. The number of hydrogen-bond donors (Lipinski definition) is 0. The molecule has 4 nitrogen and oxygen atoms in total. The van der Waals surface area contributed by atoms with Crippen LogP contribution in [-0.4, -0.2) is 35.2 Å². The van der Waals surface area contributed by atoms with Gasteiger partial charge < -0.3 is 4.90 Å². The topological polar surface area (TPSA) is 50.3 Å². The van der Waals surface area contributed by atoms with Gasteiger partial charge in [-0.1, -0.05) is 18.2 Å². The van der Waals surface area contributed by atoms with Crippen molar-refractivity contribution in [3.8, 4) is 0 Å². The molecule has 0 bridgehead atoms. The summed E-state index contributed by atoms with van der Waals surface area (Å²) in [6.07, 6.45) is -5.08. The monoisotopic (exact) mass is 398 g/mol. The van der Waals surface area contributed by atoms with Gasteiger partial charge in [0.2, 0.25) is 17.8 Å². The summed E-state index contributed by atoms with van der Waals surface area (Å²) in [5.41, 5.74) is -0.868. The minimum atomic E-state index is -4.56. The number of carbonyl (C=O) groups is 2. The van der Waals surface area contributed by atoms with Crippen LogP contribution in [0.3, 0.4) is 0 Å². The highest BCUT2D eigenvalue weighted by Gasteiger charge is 2.44. The van der Waals surface area contributed by atoms with Crippen LogP contribution >= 0.6 is 0 Å². The Balaban J connectivity index is 1.91. The first-order valence-corrected chi connectivity index (χ1v) is 8.33. The van der Waals surface area contributed by atoms with Gasteiger partial charge in [-0.25, -0.2) is 0 Å². The number of pyridine rings is 1. The van der Waals surface area contributed by atoms with Gasteiger partial charge in [0.15, 0.2) is 5.78 Å². The van der Waals surface area contributed by atoms with Crippen LogP contribution in [0.1, 0.15) is 22.6 Å². The van der Waals surface area contributed by atoms with Crippen molar-refractivity contribution in [3.63, 3.8) is 0 Å². The summed E-state index contributed by atoms with van der Waals surface area (Å²) in [4.78, 5) is 29.4. The molecular weight excluding hydrogens is 383 g/mol. The van der Waals surface area contributed by atoms with E-state index < -0.39 is 53.6 Å². The summed E-state index contributed by atoms with van der Waals surface area (Å²) in [7, 11) is 1.44. The quantitative estimate of drug-likeness (QED) is 0.451. The summed E-state index contributed by atoms with van der Waals surface area (Å²) in [5.74, 6) is -5.48. The average Bonchev–Trinajstić information content (AvgIpc) is 2.92. The van der Waals surface area contributed by atoms with Crippen molar-refractivity contribution in [1.29, 1.82) is 0 Å². The van der Waals surface area contributed by atoms with E-state index in [1.165, 1.54) is 24.1 Å². The lowest BCUT2D eigenvalue weighted by Crippen LogP contribution is -2.29. The molecule has 9 heteroatoms. The molecule has 1 amide bonds. The summed E-state index contributed by atoms with van der Waals surface area (Å²) in [5, 5.41) is 0. The minimum absolute atomic E-state index is 0.0563. The molecule has 0 radical (unpaired) electrons. The Morgan fingerprint density at radius 2 is 1.93 bits per heavy atom. The molecule has 1 aromatic carbocycles. The van der Waals surface area contributed by atoms with Crippen molar-refractivity contribution < 1.29 is 31.5 Å². The highest BCUT2D eigenvalue weighted by atomic mass is 19.4. The molecule has 2 atom stereocenters. The first-order chi connectivity index (χ1) is 13.1. The van der Waals surface area contributed by atoms with E-state index >= 15 is 0 Å². The number of Topliss-reactive ketones (excluding diaryl/α,β-unsaturated/α-hetero) is 1. The molecule has 0 aliphatic carbocycles. The third kappa shape index (κ3) is 3.88. The number of ketones is 1. The normalized spacial score (nSPS) is 19.9. The van der Waals surface area contributed by atoms with Crippen LogP contribution in [0, 0.1) is 17.8 Å². The maximum absolute atomic E-state index is 13.8. The van der Waals surface area contributed by atoms with Crippen LogP contribution in [0.4, 0.5) is 22.0 Å². The Hall–Kier alpha value is -2.84. The fraction of sp³-hybridized carbons (Fsp3) is 0.316. The predicted molar refractivity (Wildman–Crippen MR) is 88.2 cm³/mol. The van der Waals surface area contributed by atoms with Crippen molar-refractivity contribution in [2.75, 3.05) is 13.6 Å². The van der Waals surface area contributed by atoms with Crippen LogP contribution in [-0.2, 0) is 22.2 Å². The Labute approximate surface area is 157 Å². The molecule has 0 N–H and O–H groups in total. The number of likely N-dealkylation sites (tertiary alicyclic amines) is 1. The van der Waals surface area contributed by atoms with E-state index in [1.807, 2.05) is 0 Å². The summed E-state index contributed by atoms with van der Waals surface area (Å²) in [6.45, 7) is 0.0563. The highest BCUT2D eigenvalue weighted by molar-refractivity contribution is 6.04. The van der Waals surface area contributed by atoms with E-state index in [1.54, 1.807) is 0 Å². The Kier molecular flexibility index (Phi) is 5.18. The second-order valence-electron chi connectivity index (χ2n) is 6.65. The van der Waals surface area contributed by atoms with Crippen molar-refractivity contribution >= 4 is 11.7 Å². The molecule has 1 aliphatic heterocycles. The lowest BCUT2D eigenvalue weighted by molar-refractivity contribution is -0.137. The fourth-order valence-electron chi connectivity index (χ4n) is 3.38. The van der Waals surface area contributed by atoms with Crippen LogP contribution in [0.15, 0.2) is 36.4 Å². The van der Waals surface area contributed by atoms with Gasteiger partial charge in [-0.2, -0.15) is 26.9 Å². The van der Waals surface area contributed by atoms with Crippen LogP contribution in [0.25, 0.3) is 0 Å². The first-order valence-electron chi connectivity index (χ1n) is 8.33. The maximum atomic E-state index is 13.8. The zero-order chi connectivity index (χ0) is 20.6. The van der Waals surface area contributed by atoms with Gasteiger partial charge in [-0.15, -0.1) is 0 Å². The first kappa shape index (κ1) is 19.9. The summed E-state index contributed by atoms with van der Waals surface area (Å²) in [6, 6.07) is 6.40. The van der Waals surface area contributed by atoms with E-state index in [4.69, 9.17) is 0 Å². The molecule has 0 unspecified atom stereocenters. The smallest absolute Gasteiger partial charge is 0.344 e. The number of hydrogen-bond acceptors (Lipinski definition) is 3. The number of benzene rings is 1. The van der Waals surface area contributed by atoms with Crippen molar-refractivity contribution in [2.24, 2.45) is 5.92 Å². The number of alkyl halides is 3. The molecule has 0 spiro atoms. The van der Waals surface area contributed by atoms with Gasteiger partial charge in [0.05, 0.1) is 5.56 Å². The van der Waals surface area contributed by atoms with E-state index in [9.17, 15) is 31.5 Å². The molecule has 28 heavy (non-hydrogen) atoms. The van der Waals surface area contributed by atoms with E-state index in [2.05, 4.69) is 4.98 Å². The highest BCUT2D eigenvalue weighted by Crippen LogP contribution is 2.37. The third-order valence-corrected chi connectivity index (χ3v) is 4.76. The number of rotatable bonds is 4. The molecular formula is C19H15F5N2O2. The fourth-order valence-corrected chi connectivity index (χ4v) is 3.38. The van der Waals surface area contributed by atoms with Gasteiger partial charge in [0, 0.05) is 31.5 Å². The van der Waals surface area contributed by atoms with Crippen molar-refractivity contribution in [1.82, 2.24) is 9.88 Å². The predicted octanol–water partition coefficient (Wildman–Crippen LogP) is 3.36. The van der Waals surface area contributed by atoms with Gasteiger partial charge in [0.1, 0.15) is 5.92 Å². The zero-order valence-electron chi connectivity index (χ0n) is 14.6. The second kappa shape index (κ2) is 7.29. The van der Waals surface area contributed by atoms with Crippen LogP contribution in [0.5, 0.6) is 0 Å². The zero-order valence-corrected chi connectivity index (χ0v) is 14.6. The molecule has 2 aromatic rings. The van der Waals surface area contributed by atoms with E-state index in [-0.39, 0.29) is 17.7 Å². The number of halogens is 5. The number of aromatic nitrogens is 1. The van der Waals surface area contributed by atoms with Gasteiger partial charge in [-0.05, 0) is 23.8 Å². The molecule has 148 valence electrons. The molecule has 3 rings (SSSR count). The Morgan fingerprint density at radius 3 is 2.57 bits per heavy atom. The summed E-state index contributed by atoms with van der Waals surface area (Å²) < 4.78 is 65.7. The minimum Gasteiger partial charge on any atom is -0.344 e. The van der Waals surface area contributed by atoms with Gasteiger partial charge in [0.25, 0.3) is 0 Å². The van der Waals surface area contributed by atoms with Crippen LogP contribution < -0.4 is 0 Å². The van der Waals surface area contributed by atoms with E-state index in [0.717, 1.165) is 24.3 Å². The van der Waals surface area contributed by atoms with Crippen LogP contribution in [0.2, 0.25) is 0 Å². The molecule has 1 saturated heterocycles. The van der Waals surface area contributed by atoms with Crippen molar-refractivity contribution in [3.05, 3.63) is 65.0 Å². The molecule has 1 fully saturated rings. The van der Waals surface area contributed by atoms with E-state index in [0.29, 0.717) is 0 Å².